The molecule has 2 aliphatic rings. The first-order valence-electron chi connectivity index (χ1n) is 5.57. The van der Waals surface area contributed by atoms with Gasteiger partial charge in [-0.2, -0.15) is 0 Å². The number of hydrogen-bond donors (Lipinski definition) is 1. The van der Waals surface area contributed by atoms with Crippen LogP contribution in [0.3, 0.4) is 0 Å². The normalized spacial score (nSPS) is 43.5. The van der Waals surface area contributed by atoms with Gasteiger partial charge < -0.3 is 5.32 Å². The SMILES string of the molecule is CC1C(=O)NC(C)(C)C12CCC2(C)C. The predicted octanol–water partition coefficient (Wildman–Crippen LogP) is 2.34. The van der Waals surface area contributed by atoms with E-state index in [9.17, 15) is 4.79 Å². The molecule has 2 unspecified atom stereocenters. The van der Waals surface area contributed by atoms with E-state index in [2.05, 4.69) is 39.9 Å². The molecule has 1 heterocycles. The summed E-state index contributed by atoms with van der Waals surface area (Å²) in [6.07, 6.45) is 2.43. The van der Waals surface area contributed by atoms with Crippen molar-refractivity contribution in [3.63, 3.8) is 0 Å². The van der Waals surface area contributed by atoms with Crippen LogP contribution in [0.1, 0.15) is 47.5 Å². The third kappa shape index (κ3) is 0.807. The molecule has 1 saturated heterocycles. The lowest BCUT2D eigenvalue weighted by Crippen LogP contribution is -2.62. The van der Waals surface area contributed by atoms with Crippen molar-refractivity contribution >= 4 is 5.91 Å². The maximum Gasteiger partial charge on any atom is 0.223 e. The van der Waals surface area contributed by atoms with E-state index in [0.29, 0.717) is 5.41 Å². The van der Waals surface area contributed by atoms with Gasteiger partial charge in [-0.15, -0.1) is 0 Å². The lowest BCUT2D eigenvalue weighted by atomic mass is 9.42. The van der Waals surface area contributed by atoms with Gasteiger partial charge in [0, 0.05) is 16.9 Å². The second kappa shape index (κ2) is 2.34. The van der Waals surface area contributed by atoms with E-state index in [0.717, 1.165) is 0 Å². The van der Waals surface area contributed by atoms with Crippen molar-refractivity contribution in [3.05, 3.63) is 0 Å². The number of hydrogen-bond acceptors (Lipinski definition) is 1. The highest BCUT2D eigenvalue weighted by Crippen LogP contribution is 2.67. The zero-order chi connectivity index (χ0) is 10.8. The third-order valence-corrected chi connectivity index (χ3v) is 5.04. The Kier molecular flexibility index (Phi) is 1.67. The Bertz CT molecular complexity index is 293. The van der Waals surface area contributed by atoms with E-state index in [1.54, 1.807) is 0 Å². The van der Waals surface area contributed by atoms with Gasteiger partial charge >= 0.3 is 0 Å². The minimum Gasteiger partial charge on any atom is -0.350 e. The van der Waals surface area contributed by atoms with Crippen molar-refractivity contribution in [1.82, 2.24) is 5.32 Å². The van der Waals surface area contributed by atoms with Crippen molar-refractivity contribution in [2.45, 2.75) is 53.0 Å². The second-order valence-electron chi connectivity index (χ2n) is 6.19. The van der Waals surface area contributed by atoms with Crippen molar-refractivity contribution in [3.8, 4) is 0 Å². The summed E-state index contributed by atoms with van der Waals surface area (Å²) in [5.41, 5.74) is 0.442. The highest BCUT2D eigenvalue weighted by Gasteiger charge is 2.68. The molecular weight excluding hydrogens is 174 g/mol. The Morgan fingerprint density at radius 1 is 1.21 bits per heavy atom. The summed E-state index contributed by atoms with van der Waals surface area (Å²) >= 11 is 0. The van der Waals surface area contributed by atoms with E-state index in [1.165, 1.54) is 12.8 Å². The van der Waals surface area contributed by atoms with Gasteiger partial charge in [-0.05, 0) is 32.1 Å². The molecule has 2 nitrogen and oxygen atoms in total. The number of nitrogens with one attached hydrogen (secondary N) is 1. The zero-order valence-corrected chi connectivity index (χ0v) is 9.90. The van der Waals surface area contributed by atoms with Crippen molar-refractivity contribution < 1.29 is 4.79 Å². The summed E-state index contributed by atoms with van der Waals surface area (Å²) in [5.74, 6) is 0.407. The maximum atomic E-state index is 11.8. The van der Waals surface area contributed by atoms with Gasteiger partial charge in [-0.3, -0.25) is 4.79 Å². The third-order valence-electron chi connectivity index (χ3n) is 5.04. The lowest BCUT2D eigenvalue weighted by molar-refractivity contribution is -0.136. The quantitative estimate of drug-likeness (QED) is 0.631. The van der Waals surface area contributed by atoms with Crippen LogP contribution < -0.4 is 5.32 Å². The van der Waals surface area contributed by atoms with Crippen LogP contribution in [0.25, 0.3) is 0 Å². The molecule has 1 amide bonds. The minimum absolute atomic E-state index is 0.0365. The van der Waals surface area contributed by atoms with Gasteiger partial charge in [0.2, 0.25) is 5.91 Å². The molecule has 14 heavy (non-hydrogen) atoms. The van der Waals surface area contributed by atoms with Crippen LogP contribution >= 0.6 is 0 Å². The standard InChI is InChI=1S/C12H21NO/c1-8-9(14)13-11(4,5)12(8)7-6-10(12,2)3/h8H,6-7H2,1-5H3,(H,13,14). The van der Waals surface area contributed by atoms with E-state index in [1.807, 2.05) is 0 Å². The molecule has 0 aromatic carbocycles. The Balaban J connectivity index is 2.47. The Hall–Kier alpha value is -0.530. The number of carbonyl (C=O) groups excluding carboxylic acids is 1. The first kappa shape index (κ1) is 10.0. The molecule has 2 fully saturated rings. The Morgan fingerprint density at radius 3 is 1.93 bits per heavy atom. The van der Waals surface area contributed by atoms with E-state index in [4.69, 9.17) is 0 Å². The Labute approximate surface area is 86.5 Å². The topological polar surface area (TPSA) is 29.1 Å². The van der Waals surface area contributed by atoms with Crippen molar-refractivity contribution in [2.24, 2.45) is 16.7 Å². The fourth-order valence-electron chi connectivity index (χ4n) is 4.15. The van der Waals surface area contributed by atoms with Crippen LogP contribution in [0.5, 0.6) is 0 Å². The predicted molar refractivity (Wildman–Crippen MR) is 56.8 cm³/mol. The fraction of sp³-hybridized carbons (Fsp3) is 0.917. The summed E-state index contributed by atoms with van der Waals surface area (Å²) in [7, 11) is 0. The molecule has 1 aliphatic carbocycles. The van der Waals surface area contributed by atoms with Crippen LogP contribution in [0.4, 0.5) is 0 Å². The summed E-state index contributed by atoms with van der Waals surface area (Å²) in [4.78, 5) is 11.8. The highest BCUT2D eigenvalue weighted by atomic mass is 16.2. The Morgan fingerprint density at radius 2 is 1.79 bits per heavy atom. The number of rotatable bonds is 0. The van der Waals surface area contributed by atoms with Crippen molar-refractivity contribution in [1.29, 1.82) is 0 Å². The molecule has 2 rings (SSSR count). The molecule has 0 radical (unpaired) electrons. The molecule has 2 heteroatoms. The second-order valence-corrected chi connectivity index (χ2v) is 6.19. The summed E-state index contributed by atoms with van der Waals surface area (Å²) in [5, 5.41) is 3.15. The van der Waals surface area contributed by atoms with E-state index >= 15 is 0 Å². The smallest absolute Gasteiger partial charge is 0.223 e. The van der Waals surface area contributed by atoms with Gasteiger partial charge in [0.25, 0.3) is 0 Å². The van der Waals surface area contributed by atoms with Crippen LogP contribution in [0, 0.1) is 16.7 Å². The minimum atomic E-state index is -0.0365. The average molecular weight is 195 g/mol. The number of carbonyl (C=O) groups is 1. The van der Waals surface area contributed by atoms with Crippen molar-refractivity contribution in [2.75, 3.05) is 0 Å². The first-order valence-corrected chi connectivity index (χ1v) is 5.57. The van der Waals surface area contributed by atoms with Crippen LogP contribution in [0.2, 0.25) is 0 Å². The molecule has 1 spiro atoms. The molecule has 2 atom stereocenters. The monoisotopic (exact) mass is 195 g/mol. The molecule has 80 valence electrons. The van der Waals surface area contributed by atoms with E-state index in [-0.39, 0.29) is 22.8 Å². The molecule has 1 saturated carbocycles. The highest BCUT2D eigenvalue weighted by molar-refractivity contribution is 5.84. The summed E-state index contributed by atoms with van der Waals surface area (Å²) < 4.78 is 0. The lowest BCUT2D eigenvalue weighted by Gasteiger charge is -2.62. The van der Waals surface area contributed by atoms with Crippen LogP contribution in [-0.4, -0.2) is 11.4 Å². The molecule has 0 aromatic rings. The summed E-state index contributed by atoms with van der Waals surface area (Å²) in [6, 6.07) is 0. The summed E-state index contributed by atoms with van der Waals surface area (Å²) in [6.45, 7) is 11.0. The molecule has 1 aliphatic heterocycles. The van der Waals surface area contributed by atoms with Gasteiger partial charge in [0.15, 0.2) is 0 Å². The molecular formula is C12H21NO. The van der Waals surface area contributed by atoms with Crippen LogP contribution in [-0.2, 0) is 4.79 Å². The van der Waals surface area contributed by atoms with Gasteiger partial charge in [-0.1, -0.05) is 20.8 Å². The van der Waals surface area contributed by atoms with Gasteiger partial charge in [0.1, 0.15) is 0 Å². The molecule has 0 bridgehead atoms. The van der Waals surface area contributed by atoms with E-state index < -0.39 is 0 Å². The largest absolute Gasteiger partial charge is 0.350 e. The number of amides is 1. The van der Waals surface area contributed by atoms with Gasteiger partial charge in [-0.25, -0.2) is 0 Å². The zero-order valence-electron chi connectivity index (χ0n) is 9.90. The maximum absolute atomic E-state index is 11.8. The molecule has 1 N–H and O–H groups in total. The fourth-order valence-corrected chi connectivity index (χ4v) is 4.15. The molecule has 0 aromatic heterocycles. The first-order chi connectivity index (χ1) is 6.25. The van der Waals surface area contributed by atoms with Gasteiger partial charge in [0.05, 0.1) is 0 Å². The average Bonchev–Trinajstić information content (AvgIpc) is 2.18. The van der Waals surface area contributed by atoms with Crippen LogP contribution in [0.15, 0.2) is 0 Å².